The molecular formula is C34H12F6N6. The highest BCUT2D eigenvalue weighted by molar-refractivity contribution is 6.26. The maximum atomic E-state index is 13.3. The van der Waals surface area contributed by atoms with Crippen molar-refractivity contribution >= 4 is 27.9 Å². The van der Waals surface area contributed by atoms with Gasteiger partial charge in [-0.25, -0.2) is 0 Å². The van der Waals surface area contributed by atoms with Gasteiger partial charge in [0.25, 0.3) is 0 Å². The lowest BCUT2D eigenvalue weighted by Gasteiger charge is -2.19. The smallest absolute Gasteiger partial charge is 0.197 e. The topological polar surface area (TPSA) is 143 Å². The van der Waals surface area contributed by atoms with E-state index in [1.54, 1.807) is 12.1 Å². The van der Waals surface area contributed by atoms with Crippen molar-refractivity contribution in [1.29, 1.82) is 31.6 Å². The lowest BCUT2D eigenvalue weighted by atomic mass is 9.81. The molecule has 12 heteroatoms. The van der Waals surface area contributed by atoms with Gasteiger partial charge in [0.05, 0.1) is 34.4 Å². The largest absolute Gasteiger partial charge is 0.416 e. The van der Waals surface area contributed by atoms with Gasteiger partial charge in [-0.15, -0.1) is 0 Å². The lowest BCUT2D eigenvalue weighted by Crippen LogP contribution is -2.11. The number of nitrogens with zero attached hydrogens (tertiary/aromatic N) is 6. The van der Waals surface area contributed by atoms with E-state index in [4.69, 9.17) is 0 Å². The van der Waals surface area contributed by atoms with Crippen molar-refractivity contribution in [1.82, 2.24) is 0 Å². The average molecular weight is 619 g/mol. The van der Waals surface area contributed by atoms with E-state index in [-0.39, 0.29) is 61.2 Å². The van der Waals surface area contributed by atoms with Gasteiger partial charge < -0.3 is 0 Å². The molecule has 1 unspecified atom stereocenters. The highest BCUT2D eigenvalue weighted by atomic mass is 19.4. The number of nitriles is 6. The van der Waals surface area contributed by atoms with Gasteiger partial charge in [0.2, 0.25) is 0 Å². The minimum absolute atomic E-state index is 0.00730. The first kappa shape index (κ1) is 30.8. The van der Waals surface area contributed by atoms with E-state index in [0.717, 1.165) is 48.5 Å². The Morgan fingerprint density at radius 1 is 0.609 bits per heavy atom. The molecular weight excluding hydrogens is 606 g/mol. The first-order chi connectivity index (χ1) is 21.8. The van der Waals surface area contributed by atoms with Crippen molar-refractivity contribution < 1.29 is 26.3 Å². The molecule has 3 aromatic rings. The minimum atomic E-state index is -4.66. The highest BCUT2D eigenvalue weighted by Gasteiger charge is 2.42. The molecule has 0 heterocycles. The first-order valence-electron chi connectivity index (χ1n) is 13.0. The van der Waals surface area contributed by atoms with Crippen LogP contribution in [0.25, 0.3) is 27.9 Å². The van der Waals surface area contributed by atoms with Crippen LogP contribution >= 0.6 is 0 Å². The summed E-state index contributed by atoms with van der Waals surface area (Å²) < 4.78 is 79.7. The van der Waals surface area contributed by atoms with E-state index < -0.39 is 40.9 Å². The Labute approximate surface area is 257 Å². The SMILES string of the molecule is N#CC(C#N)=C1C(c2ccc(C(F)(F)F)cc2)=C(C#N)c2cc3c(cc21)C(C#N)=C(c1ccc(C(F)(F)F)cc1)C3C(C#N)C#N. The summed E-state index contributed by atoms with van der Waals surface area (Å²) in [5.41, 5.74) is -1.79. The molecule has 5 rings (SSSR count). The molecule has 0 fully saturated rings. The van der Waals surface area contributed by atoms with E-state index in [9.17, 15) is 57.9 Å². The quantitative estimate of drug-likeness (QED) is 0.214. The summed E-state index contributed by atoms with van der Waals surface area (Å²) >= 11 is 0. The Morgan fingerprint density at radius 2 is 1.11 bits per heavy atom. The number of rotatable bonds is 3. The third-order valence-corrected chi connectivity index (χ3v) is 7.75. The van der Waals surface area contributed by atoms with Gasteiger partial charge in [0.15, 0.2) is 0 Å². The van der Waals surface area contributed by atoms with E-state index in [1.165, 1.54) is 12.1 Å². The van der Waals surface area contributed by atoms with E-state index in [0.29, 0.717) is 0 Å². The van der Waals surface area contributed by atoms with Gasteiger partial charge in [0, 0.05) is 22.6 Å². The molecule has 2 aliphatic rings. The fourth-order valence-electron chi connectivity index (χ4n) is 5.79. The van der Waals surface area contributed by atoms with Crippen molar-refractivity contribution in [3.63, 3.8) is 0 Å². The number of alkyl halides is 6. The molecule has 3 aromatic carbocycles. The fourth-order valence-corrected chi connectivity index (χ4v) is 5.79. The normalized spacial score (nSPS) is 15.2. The number of benzene rings is 3. The molecule has 1 atom stereocenters. The minimum Gasteiger partial charge on any atom is -0.197 e. The van der Waals surface area contributed by atoms with Gasteiger partial charge >= 0.3 is 12.4 Å². The van der Waals surface area contributed by atoms with Crippen LogP contribution < -0.4 is 0 Å². The Hall–Kier alpha value is -6.60. The molecule has 220 valence electrons. The molecule has 0 saturated carbocycles. The van der Waals surface area contributed by atoms with Crippen LogP contribution in [-0.2, 0) is 12.4 Å². The molecule has 0 saturated heterocycles. The molecule has 0 bridgehead atoms. The first-order valence-corrected chi connectivity index (χ1v) is 13.0. The van der Waals surface area contributed by atoms with Gasteiger partial charge in [-0.2, -0.15) is 57.9 Å². The Morgan fingerprint density at radius 3 is 1.54 bits per heavy atom. The zero-order chi connectivity index (χ0) is 33.6. The Bertz CT molecular complexity index is 2150. The third-order valence-electron chi connectivity index (χ3n) is 7.75. The molecule has 0 N–H and O–H groups in total. The predicted octanol–water partition coefficient (Wildman–Crippen LogP) is 8.17. The zero-order valence-electron chi connectivity index (χ0n) is 22.9. The van der Waals surface area contributed by atoms with Crippen molar-refractivity contribution in [2.75, 3.05) is 0 Å². The molecule has 0 aliphatic heterocycles. The van der Waals surface area contributed by atoms with Crippen LogP contribution in [0.2, 0.25) is 0 Å². The Kier molecular flexibility index (Phi) is 7.48. The molecule has 46 heavy (non-hydrogen) atoms. The van der Waals surface area contributed by atoms with Crippen LogP contribution in [0.4, 0.5) is 26.3 Å². The molecule has 0 amide bonds. The van der Waals surface area contributed by atoms with E-state index in [2.05, 4.69) is 0 Å². The maximum Gasteiger partial charge on any atom is 0.416 e. The second-order valence-corrected chi connectivity index (χ2v) is 10.1. The monoisotopic (exact) mass is 618 g/mol. The second-order valence-electron chi connectivity index (χ2n) is 10.1. The van der Waals surface area contributed by atoms with Crippen LogP contribution in [0.15, 0.2) is 66.2 Å². The fraction of sp³-hybridized carbons (Fsp3) is 0.118. The van der Waals surface area contributed by atoms with Gasteiger partial charge in [0.1, 0.15) is 35.8 Å². The maximum absolute atomic E-state index is 13.3. The summed E-state index contributed by atoms with van der Waals surface area (Å²) in [7, 11) is 0. The third kappa shape index (κ3) is 4.82. The number of hydrogen-bond acceptors (Lipinski definition) is 6. The van der Waals surface area contributed by atoms with Crippen molar-refractivity contribution in [2.24, 2.45) is 5.92 Å². The summed E-state index contributed by atoms with van der Waals surface area (Å²) in [6.07, 6.45) is -9.32. The second kappa shape index (κ2) is 11.2. The number of fused-ring (bicyclic) bond motifs is 2. The number of allylic oxidation sites excluding steroid dienone is 6. The van der Waals surface area contributed by atoms with Crippen molar-refractivity contribution in [3.05, 3.63) is 111 Å². The van der Waals surface area contributed by atoms with Crippen LogP contribution in [0.3, 0.4) is 0 Å². The van der Waals surface area contributed by atoms with Crippen molar-refractivity contribution in [3.8, 4) is 36.4 Å². The summed E-state index contributed by atoms with van der Waals surface area (Å²) in [6.45, 7) is 0. The predicted molar refractivity (Wildman–Crippen MR) is 150 cm³/mol. The molecule has 0 aromatic heterocycles. The van der Waals surface area contributed by atoms with Crippen LogP contribution in [0.5, 0.6) is 0 Å². The molecule has 0 radical (unpaired) electrons. The van der Waals surface area contributed by atoms with Crippen LogP contribution in [0, 0.1) is 73.9 Å². The zero-order valence-corrected chi connectivity index (χ0v) is 22.9. The standard InChI is InChI=1S/C34H12F6N6/c35-33(36,37)21-5-1-17(2-6-21)29-27(15-45)23-9-26-24(10-25(23)31(29)19(11-41)12-42)28(16-46)30(32(26)20(13-43)14-44)18-3-7-22(8-4-18)34(38,39)40/h1-10,19,31H. The van der Waals surface area contributed by atoms with Crippen molar-refractivity contribution in [2.45, 2.75) is 18.3 Å². The average Bonchev–Trinajstić information content (AvgIpc) is 3.52. The molecule has 0 spiro atoms. The van der Waals surface area contributed by atoms with Gasteiger partial charge in [-0.1, -0.05) is 24.3 Å². The van der Waals surface area contributed by atoms with Crippen LogP contribution in [-0.4, -0.2) is 0 Å². The summed E-state index contributed by atoms with van der Waals surface area (Å²) in [4.78, 5) is 0. The molecule has 6 nitrogen and oxygen atoms in total. The number of halogens is 6. The molecule has 2 aliphatic carbocycles. The van der Waals surface area contributed by atoms with E-state index >= 15 is 0 Å². The lowest BCUT2D eigenvalue weighted by molar-refractivity contribution is -0.138. The summed E-state index contributed by atoms with van der Waals surface area (Å²) in [5.74, 6) is -2.59. The Balaban J connectivity index is 1.82. The van der Waals surface area contributed by atoms with Crippen LogP contribution in [0.1, 0.15) is 50.4 Å². The summed E-state index contributed by atoms with van der Waals surface area (Å²) in [5, 5.41) is 60.0. The summed E-state index contributed by atoms with van der Waals surface area (Å²) in [6, 6.07) is 21.6. The van der Waals surface area contributed by atoms with Gasteiger partial charge in [-0.05, 0) is 69.8 Å². The van der Waals surface area contributed by atoms with E-state index in [1.807, 2.05) is 24.3 Å². The number of hydrogen-bond donors (Lipinski definition) is 0. The highest BCUT2D eigenvalue weighted by Crippen LogP contribution is 2.55. The van der Waals surface area contributed by atoms with Gasteiger partial charge in [-0.3, -0.25) is 0 Å².